The van der Waals surface area contributed by atoms with Crippen LogP contribution in [-0.4, -0.2) is 71.7 Å². The Balaban J connectivity index is 1.58. The number of alkyl carbamates (subject to hydrolysis) is 1. The number of hydrogen-bond donors (Lipinski definition) is 2. The maximum atomic E-state index is 14.0. The zero-order valence-corrected chi connectivity index (χ0v) is 22.6. The Morgan fingerprint density at radius 2 is 1.95 bits per heavy atom. The van der Waals surface area contributed by atoms with Crippen LogP contribution < -0.4 is 5.32 Å². The van der Waals surface area contributed by atoms with Crippen molar-refractivity contribution >= 4 is 12.0 Å². The molecule has 2 amide bonds. The molecule has 0 saturated carbocycles. The van der Waals surface area contributed by atoms with Gasteiger partial charge in [0, 0.05) is 13.0 Å². The molecule has 0 aromatic heterocycles. The molecule has 2 aliphatic rings. The minimum absolute atomic E-state index is 0.0207. The van der Waals surface area contributed by atoms with Gasteiger partial charge < -0.3 is 29.5 Å². The number of aliphatic hydroxyl groups is 1. The van der Waals surface area contributed by atoms with Gasteiger partial charge in [-0.25, -0.2) is 9.18 Å². The van der Waals surface area contributed by atoms with E-state index in [1.807, 2.05) is 24.3 Å². The first kappa shape index (κ1) is 28.7. The molecule has 8 nitrogen and oxygen atoms in total. The van der Waals surface area contributed by atoms with E-state index < -0.39 is 42.1 Å². The van der Waals surface area contributed by atoms with E-state index in [-0.39, 0.29) is 31.4 Å². The lowest BCUT2D eigenvalue weighted by Gasteiger charge is -2.42. The highest BCUT2D eigenvalue weighted by Gasteiger charge is 2.42. The van der Waals surface area contributed by atoms with Gasteiger partial charge in [0.05, 0.1) is 31.4 Å². The van der Waals surface area contributed by atoms with Gasteiger partial charge >= 0.3 is 6.09 Å². The smallest absolute Gasteiger partial charge is 0.407 e. The highest BCUT2D eigenvalue weighted by atomic mass is 19.1. The fourth-order valence-corrected chi connectivity index (χ4v) is 5.09. The van der Waals surface area contributed by atoms with E-state index in [4.69, 9.17) is 14.2 Å². The van der Waals surface area contributed by atoms with Crippen LogP contribution in [0.4, 0.5) is 9.18 Å². The summed E-state index contributed by atoms with van der Waals surface area (Å²) in [7, 11) is 0. The minimum atomic E-state index is -0.852. The molecule has 0 bridgehead atoms. The lowest BCUT2D eigenvalue weighted by molar-refractivity contribution is -0.162. The number of nitrogens with zero attached hydrogens (tertiary/aromatic N) is 1. The molecule has 39 heavy (non-hydrogen) atoms. The van der Waals surface area contributed by atoms with Crippen molar-refractivity contribution in [2.24, 2.45) is 0 Å². The third kappa shape index (κ3) is 7.03. The highest BCUT2D eigenvalue weighted by Crippen LogP contribution is 2.36. The number of hydrogen-bond acceptors (Lipinski definition) is 6. The first-order valence-corrected chi connectivity index (χ1v) is 13.2. The zero-order chi connectivity index (χ0) is 28.2. The maximum Gasteiger partial charge on any atom is 0.407 e. The van der Waals surface area contributed by atoms with Gasteiger partial charge in [0.2, 0.25) is 0 Å². The predicted molar refractivity (Wildman–Crippen MR) is 144 cm³/mol. The van der Waals surface area contributed by atoms with Gasteiger partial charge in [-0.05, 0) is 56.0 Å². The van der Waals surface area contributed by atoms with Gasteiger partial charge in [-0.1, -0.05) is 42.5 Å². The van der Waals surface area contributed by atoms with Crippen LogP contribution in [0, 0.1) is 5.82 Å². The summed E-state index contributed by atoms with van der Waals surface area (Å²) >= 11 is 0. The Morgan fingerprint density at radius 1 is 1.23 bits per heavy atom. The second kappa shape index (κ2) is 12.3. The molecule has 2 aromatic rings. The van der Waals surface area contributed by atoms with E-state index in [0.29, 0.717) is 13.0 Å². The molecule has 2 N–H and O–H groups in total. The summed E-state index contributed by atoms with van der Waals surface area (Å²) in [4.78, 5) is 28.4. The average molecular weight is 541 g/mol. The van der Waals surface area contributed by atoms with Crippen molar-refractivity contribution in [3.8, 4) is 0 Å². The van der Waals surface area contributed by atoms with Crippen LogP contribution in [0.3, 0.4) is 0 Å². The monoisotopic (exact) mass is 540 g/mol. The van der Waals surface area contributed by atoms with E-state index in [2.05, 4.69) is 11.9 Å². The first-order valence-electron chi connectivity index (χ1n) is 13.2. The molecule has 0 radical (unpaired) electrons. The molecule has 9 heteroatoms. The Labute approximate surface area is 228 Å². The zero-order valence-electron chi connectivity index (χ0n) is 22.6. The Morgan fingerprint density at radius 3 is 2.62 bits per heavy atom. The quantitative estimate of drug-likeness (QED) is 0.517. The number of rotatable bonds is 7. The fourth-order valence-electron chi connectivity index (χ4n) is 5.09. The van der Waals surface area contributed by atoms with Crippen molar-refractivity contribution in [3.05, 3.63) is 83.7 Å². The second-order valence-corrected chi connectivity index (χ2v) is 10.9. The average Bonchev–Trinajstić information content (AvgIpc) is 2.90. The molecule has 2 heterocycles. The predicted octanol–water partition coefficient (Wildman–Crippen LogP) is 3.91. The van der Waals surface area contributed by atoms with Crippen molar-refractivity contribution in [1.82, 2.24) is 10.2 Å². The molecule has 5 atom stereocenters. The summed E-state index contributed by atoms with van der Waals surface area (Å²) in [5.41, 5.74) is 2.21. The normalized spacial score (nSPS) is 23.9. The van der Waals surface area contributed by atoms with Crippen LogP contribution in [-0.2, 0) is 25.4 Å². The van der Waals surface area contributed by atoms with E-state index in [1.54, 1.807) is 37.8 Å². The van der Waals surface area contributed by atoms with Gasteiger partial charge in [0.15, 0.2) is 0 Å². The summed E-state index contributed by atoms with van der Waals surface area (Å²) in [5.74, 6) is -0.574. The number of aliphatic hydroxyl groups excluding tert-OH is 1. The number of amides is 2. The van der Waals surface area contributed by atoms with Crippen molar-refractivity contribution in [3.63, 3.8) is 0 Å². The number of fused-ring (bicyclic) bond motifs is 1. The molecule has 1 fully saturated rings. The number of ether oxygens (including phenoxy) is 3. The third-order valence-corrected chi connectivity index (χ3v) is 6.90. The number of benzene rings is 2. The fraction of sp³-hybridized carbons (Fsp3) is 0.467. The summed E-state index contributed by atoms with van der Waals surface area (Å²) in [6, 6.07) is 13.1. The molecule has 4 rings (SSSR count). The Kier molecular flexibility index (Phi) is 9.04. The van der Waals surface area contributed by atoms with E-state index in [9.17, 15) is 19.1 Å². The standard InChI is InChI=1S/C30H37FN2O6/c1-5-22(17-34)38-26-18-37-25(16-24(26)32-29(36)39-30(2,3)4)28(35)33-15-14-19-8-6-7-9-23(19)27(33)20-10-12-21(31)13-11-20/h5-13,22,24-27,34H,1,14-18H2,2-4H3,(H,32,36)/t22-,24+,25-,26+,27+/m1/s1. The summed E-state index contributed by atoms with van der Waals surface area (Å²) in [6.45, 7) is 9.17. The molecular formula is C30H37FN2O6. The van der Waals surface area contributed by atoms with E-state index >= 15 is 0 Å². The minimum Gasteiger partial charge on any atom is -0.444 e. The Bertz CT molecular complexity index is 1160. The number of carbonyl (C=O) groups excluding carboxylic acids is 2. The molecule has 0 aliphatic carbocycles. The largest absolute Gasteiger partial charge is 0.444 e. The highest BCUT2D eigenvalue weighted by molar-refractivity contribution is 5.82. The SMILES string of the molecule is C=C[C@H](CO)O[C@H]1CO[C@@H](C(=O)N2CCc3ccccc3[C@@H]2c2ccc(F)cc2)C[C@@H]1NC(=O)OC(C)(C)C. The summed E-state index contributed by atoms with van der Waals surface area (Å²) in [5, 5.41) is 12.4. The summed E-state index contributed by atoms with van der Waals surface area (Å²) < 4.78 is 31.1. The van der Waals surface area contributed by atoms with Crippen LogP contribution in [0.25, 0.3) is 0 Å². The van der Waals surface area contributed by atoms with Crippen molar-refractivity contribution in [2.75, 3.05) is 19.8 Å². The van der Waals surface area contributed by atoms with Gasteiger partial charge in [0.1, 0.15) is 23.6 Å². The second-order valence-electron chi connectivity index (χ2n) is 10.9. The maximum absolute atomic E-state index is 14.0. The third-order valence-electron chi connectivity index (χ3n) is 6.90. The molecule has 2 aromatic carbocycles. The van der Waals surface area contributed by atoms with Crippen LogP contribution in [0.5, 0.6) is 0 Å². The van der Waals surface area contributed by atoms with Crippen molar-refractivity contribution < 1.29 is 33.3 Å². The lowest BCUT2D eigenvalue weighted by Crippen LogP contribution is -2.57. The van der Waals surface area contributed by atoms with Gasteiger partial charge in [0.25, 0.3) is 5.91 Å². The topological polar surface area (TPSA) is 97.3 Å². The van der Waals surface area contributed by atoms with Crippen LogP contribution in [0.15, 0.2) is 61.2 Å². The van der Waals surface area contributed by atoms with E-state index in [1.165, 1.54) is 18.2 Å². The van der Waals surface area contributed by atoms with Gasteiger partial charge in [-0.3, -0.25) is 4.79 Å². The Hall–Kier alpha value is -3.27. The molecule has 0 unspecified atom stereocenters. The summed E-state index contributed by atoms with van der Waals surface area (Å²) in [6.07, 6.45) is -0.484. The van der Waals surface area contributed by atoms with Crippen molar-refractivity contribution in [1.29, 1.82) is 0 Å². The van der Waals surface area contributed by atoms with Gasteiger partial charge in [-0.2, -0.15) is 0 Å². The lowest BCUT2D eigenvalue weighted by atomic mass is 9.87. The van der Waals surface area contributed by atoms with Gasteiger partial charge in [-0.15, -0.1) is 6.58 Å². The first-order chi connectivity index (χ1) is 18.6. The molecule has 0 spiro atoms. The molecule has 210 valence electrons. The van der Waals surface area contributed by atoms with Crippen LogP contribution >= 0.6 is 0 Å². The van der Waals surface area contributed by atoms with Crippen LogP contribution in [0.1, 0.15) is 49.9 Å². The number of nitrogens with one attached hydrogen (secondary N) is 1. The van der Waals surface area contributed by atoms with Crippen LogP contribution in [0.2, 0.25) is 0 Å². The van der Waals surface area contributed by atoms with Crippen molar-refractivity contribution in [2.45, 2.75) is 69.6 Å². The number of halogens is 1. The number of carbonyl (C=O) groups is 2. The van der Waals surface area contributed by atoms with E-state index in [0.717, 1.165) is 16.7 Å². The molecule has 1 saturated heterocycles. The molecular weight excluding hydrogens is 503 g/mol. The molecule has 2 aliphatic heterocycles.